The van der Waals surface area contributed by atoms with Crippen LogP contribution in [0.4, 0.5) is 16.0 Å². The topological polar surface area (TPSA) is 99.7 Å². The quantitative estimate of drug-likeness (QED) is 0.243. The summed E-state index contributed by atoms with van der Waals surface area (Å²) in [5, 5.41) is 5.85. The van der Waals surface area contributed by atoms with Crippen LogP contribution in [0.25, 0.3) is 0 Å². The number of likely N-dealkylation sites (N-methyl/N-ethyl adjacent to an activating group) is 2. The van der Waals surface area contributed by atoms with Gasteiger partial charge in [-0.25, -0.2) is 9.37 Å². The number of nitrogens with one attached hydrogen (secondary N) is 2. The van der Waals surface area contributed by atoms with Crippen molar-refractivity contribution in [1.82, 2.24) is 25.1 Å². The lowest BCUT2D eigenvalue weighted by atomic mass is 9.96. The van der Waals surface area contributed by atoms with E-state index in [-0.39, 0.29) is 23.7 Å². The highest BCUT2D eigenvalue weighted by atomic mass is 19.1. The zero-order valence-corrected chi connectivity index (χ0v) is 23.0. The van der Waals surface area contributed by atoms with Crippen LogP contribution in [0, 0.1) is 17.7 Å². The Morgan fingerprint density at radius 3 is 2.77 bits per heavy atom. The van der Waals surface area contributed by atoms with Gasteiger partial charge in [-0.15, -0.1) is 0 Å². The molecule has 10 heteroatoms. The fourth-order valence-electron chi connectivity index (χ4n) is 3.49. The SMILES string of the molecule is C[C@@H](C(=O)NCCCC#Cc1cnc(Nc2cccc(F)c2)nc1OC1CCC1)N(C)C(=O)/C=C/CN(C)C. The molecule has 1 aliphatic carbocycles. The number of hydrogen-bond acceptors (Lipinski definition) is 7. The molecule has 0 radical (unpaired) electrons. The molecule has 1 heterocycles. The molecule has 0 aliphatic heterocycles. The van der Waals surface area contributed by atoms with Crippen LogP contribution in [0.1, 0.15) is 44.6 Å². The number of carbonyl (C=O) groups is 2. The molecule has 1 aromatic carbocycles. The number of anilines is 2. The van der Waals surface area contributed by atoms with Crippen LogP contribution in [-0.2, 0) is 9.59 Å². The van der Waals surface area contributed by atoms with E-state index in [1.54, 1.807) is 38.4 Å². The van der Waals surface area contributed by atoms with Gasteiger partial charge in [0.15, 0.2) is 0 Å². The molecule has 1 fully saturated rings. The lowest BCUT2D eigenvalue weighted by Gasteiger charge is -2.26. The van der Waals surface area contributed by atoms with Crippen LogP contribution in [0.15, 0.2) is 42.6 Å². The number of ether oxygens (including phenoxy) is 1. The van der Waals surface area contributed by atoms with E-state index in [4.69, 9.17) is 4.74 Å². The summed E-state index contributed by atoms with van der Waals surface area (Å²) >= 11 is 0. The molecule has 1 aliphatic rings. The van der Waals surface area contributed by atoms with E-state index in [1.807, 2.05) is 19.0 Å². The van der Waals surface area contributed by atoms with Crippen molar-refractivity contribution in [2.75, 3.05) is 39.5 Å². The molecule has 0 saturated heterocycles. The zero-order chi connectivity index (χ0) is 28.2. The third kappa shape index (κ3) is 9.69. The Hall–Kier alpha value is -3.97. The summed E-state index contributed by atoms with van der Waals surface area (Å²) in [7, 11) is 5.45. The van der Waals surface area contributed by atoms with Gasteiger partial charge in [0.1, 0.15) is 23.5 Å². The first-order chi connectivity index (χ1) is 18.7. The van der Waals surface area contributed by atoms with E-state index in [2.05, 4.69) is 32.4 Å². The molecule has 208 valence electrons. The lowest BCUT2D eigenvalue weighted by Crippen LogP contribution is -2.45. The number of hydrogen-bond donors (Lipinski definition) is 2. The fourth-order valence-corrected chi connectivity index (χ4v) is 3.49. The Balaban J connectivity index is 1.50. The number of aromatic nitrogens is 2. The van der Waals surface area contributed by atoms with Crippen LogP contribution in [0.2, 0.25) is 0 Å². The summed E-state index contributed by atoms with van der Waals surface area (Å²) in [6.07, 6.45) is 9.19. The number of benzene rings is 1. The first-order valence-corrected chi connectivity index (χ1v) is 13.1. The number of carbonyl (C=O) groups excluding carboxylic acids is 2. The molecule has 1 atom stereocenters. The third-order valence-corrected chi connectivity index (χ3v) is 6.20. The molecule has 1 aromatic heterocycles. The highest BCUT2D eigenvalue weighted by molar-refractivity contribution is 5.92. The molecule has 1 saturated carbocycles. The Morgan fingerprint density at radius 1 is 1.28 bits per heavy atom. The molecule has 39 heavy (non-hydrogen) atoms. The minimum Gasteiger partial charge on any atom is -0.473 e. The average molecular weight is 537 g/mol. The van der Waals surface area contributed by atoms with Gasteiger partial charge in [-0.1, -0.05) is 24.0 Å². The summed E-state index contributed by atoms with van der Waals surface area (Å²) < 4.78 is 19.5. The van der Waals surface area contributed by atoms with E-state index in [1.165, 1.54) is 23.1 Å². The Morgan fingerprint density at radius 2 is 2.08 bits per heavy atom. The van der Waals surface area contributed by atoms with Crippen molar-refractivity contribution in [3.8, 4) is 17.7 Å². The van der Waals surface area contributed by atoms with E-state index in [0.29, 0.717) is 49.0 Å². The maximum atomic E-state index is 13.5. The zero-order valence-electron chi connectivity index (χ0n) is 23.0. The molecule has 9 nitrogen and oxygen atoms in total. The van der Waals surface area contributed by atoms with Crippen LogP contribution in [0.3, 0.4) is 0 Å². The van der Waals surface area contributed by atoms with Crippen molar-refractivity contribution in [3.63, 3.8) is 0 Å². The van der Waals surface area contributed by atoms with Gasteiger partial charge in [0, 0.05) is 38.3 Å². The Kier molecular flexibility index (Phi) is 11.3. The molecule has 2 amide bonds. The molecule has 0 bridgehead atoms. The first kappa shape index (κ1) is 29.6. The average Bonchev–Trinajstić information content (AvgIpc) is 2.87. The second-order valence-electron chi connectivity index (χ2n) is 9.70. The van der Waals surface area contributed by atoms with Crippen molar-refractivity contribution in [3.05, 3.63) is 54.0 Å². The first-order valence-electron chi connectivity index (χ1n) is 13.1. The van der Waals surface area contributed by atoms with Crippen molar-refractivity contribution in [2.24, 2.45) is 0 Å². The molecule has 0 unspecified atom stereocenters. The van der Waals surface area contributed by atoms with Gasteiger partial charge < -0.3 is 25.2 Å². The van der Waals surface area contributed by atoms with Crippen molar-refractivity contribution >= 4 is 23.5 Å². The molecule has 2 aromatic rings. The number of rotatable bonds is 12. The molecule has 0 spiro atoms. The molecular formula is C29H37FN6O3. The lowest BCUT2D eigenvalue weighted by molar-refractivity contribution is -0.135. The Bertz CT molecular complexity index is 1220. The largest absolute Gasteiger partial charge is 0.473 e. The second kappa shape index (κ2) is 14.8. The van der Waals surface area contributed by atoms with Crippen molar-refractivity contribution in [2.45, 2.75) is 51.2 Å². The summed E-state index contributed by atoms with van der Waals surface area (Å²) in [5.74, 6) is 6.08. The van der Waals surface area contributed by atoms with E-state index < -0.39 is 6.04 Å². The summed E-state index contributed by atoms with van der Waals surface area (Å²) in [4.78, 5) is 36.8. The standard InChI is InChI=1S/C29H37FN6O3/c1-21(36(4)26(37)16-10-18-35(2)3)27(38)31-17-7-5-6-11-22-20-32-29(33-24-13-8-12-23(30)19-24)34-28(22)39-25-14-9-15-25/h8,10,12-13,16,19-21,25H,5,7,9,14-15,17-18H2,1-4H3,(H,31,38)(H,32,33,34)/b16-10+/t21-/m0/s1. The van der Waals surface area contributed by atoms with Crippen molar-refractivity contribution < 1.29 is 18.7 Å². The van der Waals surface area contributed by atoms with Gasteiger partial charge in [0.25, 0.3) is 0 Å². The maximum absolute atomic E-state index is 13.5. The number of nitrogens with zero attached hydrogens (tertiary/aromatic N) is 4. The highest BCUT2D eigenvalue weighted by Gasteiger charge is 2.22. The second-order valence-corrected chi connectivity index (χ2v) is 9.70. The van der Waals surface area contributed by atoms with Gasteiger partial charge >= 0.3 is 0 Å². The summed E-state index contributed by atoms with van der Waals surface area (Å²) in [6.45, 7) is 2.79. The number of amides is 2. The van der Waals surface area contributed by atoms with Gasteiger partial charge in [0.05, 0.1) is 6.20 Å². The van der Waals surface area contributed by atoms with E-state index in [0.717, 1.165) is 19.3 Å². The highest BCUT2D eigenvalue weighted by Crippen LogP contribution is 2.27. The van der Waals surface area contributed by atoms with Gasteiger partial charge in [-0.05, 0) is 64.9 Å². The van der Waals surface area contributed by atoms with Crippen LogP contribution >= 0.6 is 0 Å². The van der Waals surface area contributed by atoms with Crippen molar-refractivity contribution in [1.29, 1.82) is 0 Å². The van der Waals surface area contributed by atoms with Crippen LogP contribution < -0.4 is 15.4 Å². The van der Waals surface area contributed by atoms with Gasteiger partial charge in [-0.2, -0.15) is 4.98 Å². The Labute approximate surface area is 229 Å². The van der Waals surface area contributed by atoms with E-state index >= 15 is 0 Å². The molecule has 2 N–H and O–H groups in total. The minimum atomic E-state index is -0.588. The number of halogens is 1. The minimum absolute atomic E-state index is 0.105. The predicted octanol–water partition coefficient (Wildman–Crippen LogP) is 3.50. The fraction of sp³-hybridized carbons (Fsp3) is 0.448. The van der Waals surface area contributed by atoms with Gasteiger partial charge in [0.2, 0.25) is 23.6 Å². The summed E-state index contributed by atoms with van der Waals surface area (Å²) in [5.41, 5.74) is 1.11. The summed E-state index contributed by atoms with van der Waals surface area (Å²) in [6, 6.07) is 5.48. The van der Waals surface area contributed by atoms with Gasteiger partial charge in [-0.3, -0.25) is 9.59 Å². The molecule has 3 rings (SSSR count). The van der Waals surface area contributed by atoms with Crippen LogP contribution in [0.5, 0.6) is 5.88 Å². The third-order valence-electron chi connectivity index (χ3n) is 6.20. The van der Waals surface area contributed by atoms with E-state index in [9.17, 15) is 14.0 Å². The normalized spacial score (nSPS) is 13.8. The monoisotopic (exact) mass is 536 g/mol. The molecular weight excluding hydrogens is 499 g/mol. The smallest absolute Gasteiger partial charge is 0.246 e. The van der Waals surface area contributed by atoms with Crippen LogP contribution in [-0.4, -0.2) is 78.0 Å². The number of unbranched alkanes of at least 4 members (excludes halogenated alkanes) is 1. The predicted molar refractivity (Wildman–Crippen MR) is 149 cm³/mol. The maximum Gasteiger partial charge on any atom is 0.246 e.